The van der Waals surface area contributed by atoms with Crippen molar-refractivity contribution in [1.82, 2.24) is 10.3 Å². The molecule has 1 N–H and O–H groups in total. The maximum Gasteiger partial charge on any atom is 0.275 e. The number of nitrogens with zero attached hydrogens (tertiary/aromatic N) is 2. The molecule has 22 heavy (non-hydrogen) atoms. The minimum absolute atomic E-state index is 0.164. The molecular formula is C17H14ClN3O. The zero-order chi connectivity index (χ0) is 15.4. The van der Waals surface area contributed by atoms with Crippen molar-refractivity contribution in [3.8, 4) is 0 Å². The van der Waals surface area contributed by atoms with Crippen LogP contribution in [0, 0.1) is 0 Å². The van der Waals surface area contributed by atoms with Crippen LogP contribution in [-0.2, 0) is 11.2 Å². The summed E-state index contributed by atoms with van der Waals surface area (Å²) in [5, 5.41) is 3.53. The molecule has 0 spiro atoms. The molecule has 4 nitrogen and oxygen atoms in total. The lowest BCUT2D eigenvalue weighted by Gasteiger charge is -2.01. The number of carbonyl (C=O) groups excluding carboxylic acids is 1. The van der Waals surface area contributed by atoms with Gasteiger partial charge in [0.15, 0.2) is 0 Å². The van der Waals surface area contributed by atoms with Crippen molar-refractivity contribution >= 4 is 29.4 Å². The predicted molar refractivity (Wildman–Crippen MR) is 87.6 cm³/mol. The highest BCUT2D eigenvalue weighted by Gasteiger charge is 2.19. The topological polar surface area (TPSA) is 54.4 Å². The van der Waals surface area contributed by atoms with E-state index in [2.05, 4.69) is 15.3 Å². The van der Waals surface area contributed by atoms with Crippen LogP contribution in [0.15, 0.2) is 59.5 Å². The summed E-state index contributed by atoms with van der Waals surface area (Å²) >= 11 is 5.86. The van der Waals surface area contributed by atoms with Crippen LogP contribution in [0.5, 0.6) is 0 Å². The molecule has 2 heterocycles. The summed E-state index contributed by atoms with van der Waals surface area (Å²) in [6.07, 6.45) is 6.61. The van der Waals surface area contributed by atoms with Crippen molar-refractivity contribution in [3.63, 3.8) is 0 Å². The standard InChI is InChI=1S/C17H14ClN3O/c18-14-4-1-12(2-5-14)3-6-16-20-15(17(22)21-16)11-13-7-9-19-10-8-13/h1-2,4-5,7-11H,3,6H2,(H,20,21,22)/b15-11+. The summed E-state index contributed by atoms with van der Waals surface area (Å²) in [4.78, 5) is 20.2. The second-order valence-corrected chi connectivity index (χ2v) is 5.39. The highest BCUT2D eigenvalue weighted by molar-refractivity contribution is 6.30. The molecule has 0 unspecified atom stereocenters. The Labute approximate surface area is 133 Å². The molecule has 1 aliphatic heterocycles. The van der Waals surface area contributed by atoms with Crippen LogP contribution >= 0.6 is 11.6 Å². The number of hydrogen-bond acceptors (Lipinski definition) is 3. The van der Waals surface area contributed by atoms with Gasteiger partial charge in [0.25, 0.3) is 5.91 Å². The third-order valence-electron chi connectivity index (χ3n) is 3.32. The van der Waals surface area contributed by atoms with E-state index in [9.17, 15) is 4.79 Å². The van der Waals surface area contributed by atoms with Crippen LogP contribution in [0.1, 0.15) is 17.5 Å². The fraction of sp³-hybridized carbons (Fsp3) is 0.118. The van der Waals surface area contributed by atoms with Crippen molar-refractivity contribution in [2.75, 3.05) is 0 Å². The zero-order valence-electron chi connectivity index (χ0n) is 11.8. The molecule has 2 aromatic rings. The second kappa shape index (κ2) is 6.54. The quantitative estimate of drug-likeness (QED) is 0.881. The molecule has 0 fully saturated rings. The van der Waals surface area contributed by atoms with Gasteiger partial charge in [-0.1, -0.05) is 23.7 Å². The number of hydrogen-bond donors (Lipinski definition) is 1. The SMILES string of the molecule is O=C1NC(CCc2ccc(Cl)cc2)=N/C1=C/c1ccncc1. The van der Waals surface area contributed by atoms with Gasteiger partial charge < -0.3 is 5.32 Å². The normalized spacial score (nSPS) is 15.8. The lowest BCUT2D eigenvalue weighted by molar-refractivity contribution is -0.115. The van der Waals surface area contributed by atoms with Gasteiger partial charge in [-0.25, -0.2) is 4.99 Å². The highest BCUT2D eigenvalue weighted by atomic mass is 35.5. The van der Waals surface area contributed by atoms with E-state index >= 15 is 0 Å². The summed E-state index contributed by atoms with van der Waals surface area (Å²) in [7, 11) is 0. The summed E-state index contributed by atoms with van der Waals surface area (Å²) < 4.78 is 0. The maximum atomic E-state index is 11.9. The second-order valence-electron chi connectivity index (χ2n) is 4.95. The molecular weight excluding hydrogens is 298 g/mol. The van der Waals surface area contributed by atoms with E-state index in [4.69, 9.17) is 11.6 Å². The van der Waals surface area contributed by atoms with Gasteiger partial charge in [-0.3, -0.25) is 9.78 Å². The average molecular weight is 312 g/mol. The number of aromatic nitrogens is 1. The summed E-state index contributed by atoms with van der Waals surface area (Å²) in [5.74, 6) is 0.531. The van der Waals surface area contributed by atoms with Gasteiger partial charge in [0.1, 0.15) is 11.5 Å². The molecule has 5 heteroatoms. The van der Waals surface area contributed by atoms with Gasteiger partial charge in [0.05, 0.1) is 0 Å². The minimum atomic E-state index is -0.164. The van der Waals surface area contributed by atoms with E-state index < -0.39 is 0 Å². The smallest absolute Gasteiger partial charge is 0.275 e. The Hall–Kier alpha value is -2.46. The van der Waals surface area contributed by atoms with Gasteiger partial charge in [-0.05, 0) is 47.9 Å². The summed E-state index contributed by atoms with van der Waals surface area (Å²) in [6.45, 7) is 0. The fourth-order valence-electron chi connectivity index (χ4n) is 2.17. The van der Waals surface area contributed by atoms with Crippen molar-refractivity contribution < 1.29 is 4.79 Å². The van der Waals surface area contributed by atoms with Crippen LogP contribution in [-0.4, -0.2) is 16.7 Å². The Morgan fingerprint density at radius 2 is 1.77 bits per heavy atom. The van der Waals surface area contributed by atoms with Crippen molar-refractivity contribution in [3.05, 3.63) is 70.6 Å². The molecule has 0 bridgehead atoms. The Balaban J connectivity index is 1.68. The maximum absolute atomic E-state index is 11.9. The largest absolute Gasteiger partial charge is 0.309 e. The van der Waals surface area contributed by atoms with E-state index in [-0.39, 0.29) is 5.91 Å². The number of amides is 1. The van der Waals surface area contributed by atoms with Crippen molar-refractivity contribution in [1.29, 1.82) is 0 Å². The van der Waals surface area contributed by atoms with Gasteiger partial charge >= 0.3 is 0 Å². The van der Waals surface area contributed by atoms with Gasteiger partial charge in [-0.15, -0.1) is 0 Å². The molecule has 0 radical (unpaired) electrons. The predicted octanol–water partition coefficient (Wildman–Crippen LogP) is 3.24. The van der Waals surface area contributed by atoms with Gasteiger partial charge in [-0.2, -0.15) is 0 Å². The number of aliphatic imine (C=N–C) groups is 1. The van der Waals surface area contributed by atoms with E-state index in [1.54, 1.807) is 18.5 Å². The minimum Gasteiger partial charge on any atom is -0.309 e. The number of carbonyl (C=O) groups is 1. The first-order valence-corrected chi connectivity index (χ1v) is 7.33. The first-order valence-electron chi connectivity index (χ1n) is 6.96. The molecule has 0 aliphatic carbocycles. The molecule has 1 aromatic carbocycles. The van der Waals surface area contributed by atoms with Gasteiger partial charge in [0, 0.05) is 23.8 Å². The first-order chi connectivity index (χ1) is 10.7. The Kier molecular flexibility index (Phi) is 4.30. The molecule has 0 saturated heterocycles. The molecule has 0 atom stereocenters. The number of amidine groups is 1. The van der Waals surface area contributed by atoms with E-state index in [0.717, 1.165) is 22.6 Å². The monoisotopic (exact) mass is 311 g/mol. The first kappa shape index (κ1) is 14.5. The molecule has 3 rings (SSSR count). The van der Waals surface area contributed by atoms with E-state index in [0.29, 0.717) is 18.0 Å². The Bertz CT molecular complexity index is 736. The molecule has 110 valence electrons. The van der Waals surface area contributed by atoms with Crippen LogP contribution in [0.4, 0.5) is 0 Å². The number of rotatable bonds is 4. The van der Waals surface area contributed by atoms with Crippen molar-refractivity contribution in [2.24, 2.45) is 4.99 Å². The molecule has 1 amide bonds. The lowest BCUT2D eigenvalue weighted by Crippen LogP contribution is -2.24. The van der Waals surface area contributed by atoms with Crippen LogP contribution in [0.25, 0.3) is 6.08 Å². The fourth-order valence-corrected chi connectivity index (χ4v) is 2.29. The zero-order valence-corrected chi connectivity index (χ0v) is 12.5. The number of pyridine rings is 1. The lowest BCUT2D eigenvalue weighted by atomic mass is 10.1. The van der Waals surface area contributed by atoms with Gasteiger partial charge in [0.2, 0.25) is 0 Å². The number of nitrogens with one attached hydrogen (secondary N) is 1. The van der Waals surface area contributed by atoms with Crippen LogP contribution in [0.3, 0.4) is 0 Å². The van der Waals surface area contributed by atoms with Crippen molar-refractivity contribution in [2.45, 2.75) is 12.8 Å². The van der Waals surface area contributed by atoms with E-state index in [1.807, 2.05) is 36.4 Å². The number of benzene rings is 1. The number of halogens is 1. The number of aryl methyl sites for hydroxylation is 1. The van der Waals surface area contributed by atoms with Crippen LogP contribution in [0.2, 0.25) is 5.02 Å². The molecule has 0 saturated carbocycles. The van der Waals surface area contributed by atoms with Crippen LogP contribution < -0.4 is 5.32 Å². The summed E-state index contributed by atoms with van der Waals surface area (Å²) in [6, 6.07) is 11.4. The summed E-state index contributed by atoms with van der Waals surface area (Å²) in [5.41, 5.74) is 2.49. The van der Waals surface area contributed by atoms with E-state index in [1.165, 1.54) is 0 Å². The molecule has 1 aromatic heterocycles. The third kappa shape index (κ3) is 3.59. The molecule has 1 aliphatic rings. The Morgan fingerprint density at radius 3 is 2.50 bits per heavy atom. The Morgan fingerprint density at radius 1 is 1.05 bits per heavy atom. The average Bonchev–Trinajstić information content (AvgIpc) is 2.88. The highest BCUT2D eigenvalue weighted by Crippen LogP contribution is 2.15. The third-order valence-corrected chi connectivity index (χ3v) is 3.57.